The van der Waals surface area contributed by atoms with Gasteiger partial charge in [0.25, 0.3) is 0 Å². The molecule has 1 heterocycles. The van der Waals surface area contributed by atoms with E-state index in [4.69, 9.17) is 5.73 Å². The first-order valence-corrected chi connectivity index (χ1v) is 9.07. The first kappa shape index (κ1) is 18.3. The van der Waals surface area contributed by atoms with Crippen LogP contribution in [0.4, 0.5) is 0 Å². The van der Waals surface area contributed by atoms with Crippen molar-refractivity contribution in [1.82, 2.24) is 10.2 Å². The summed E-state index contributed by atoms with van der Waals surface area (Å²) < 4.78 is 0. The van der Waals surface area contributed by atoms with E-state index in [9.17, 15) is 9.59 Å². The molecule has 1 fully saturated rings. The minimum absolute atomic E-state index is 0.0387. The molecule has 122 valence electrons. The number of hydrogen-bond donors (Lipinski definition) is 2. The Morgan fingerprint density at radius 2 is 1.76 bits per heavy atom. The second-order valence-electron chi connectivity index (χ2n) is 5.78. The Morgan fingerprint density at radius 1 is 1.14 bits per heavy atom. The summed E-state index contributed by atoms with van der Waals surface area (Å²) in [5, 5.41) is 2.87. The molecule has 0 spiro atoms. The number of carbonyl (C=O) groups is 2. The van der Waals surface area contributed by atoms with Crippen molar-refractivity contribution in [3.05, 3.63) is 0 Å². The van der Waals surface area contributed by atoms with Crippen LogP contribution in [0.15, 0.2) is 0 Å². The highest BCUT2D eigenvalue weighted by molar-refractivity contribution is 8.00. The highest BCUT2D eigenvalue weighted by atomic mass is 32.2. The van der Waals surface area contributed by atoms with Crippen LogP contribution in [0.2, 0.25) is 0 Å². The van der Waals surface area contributed by atoms with Crippen molar-refractivity contribution in [3.8, 4) is 0 Å². The van der Waals surface area contributed by atoms with Gasteiger partial charge in [-0.1, -0.05) is 13.8 Å². The van der Waals surface area contributed by atoms with Gasteiger partial charge in [0.05, 0.1) is 11.5 Å². The Balaban J connectivity index is 2.16. The van der Waals surface area contributed by atoms with Crippen LogP contribution >= 0.6 is 11.8 Å². The highest BCUT2D eigenvalue weighted by Crippen LogP contribution is 2.12. The van der Waals surface area contributed by atoms with E-state index in [1.807, 2.05) is 18.7 Å². The van der Waals surface area contributed by atoms with Crippen LogP contribution < -0.4 is 11.1 Å². The Labute approximate surface area is 132 Å². The van der Waals surface area contributed by atoms with Gasteiger partial charge in [-0.05, 0) is 32.1 Å². The number of carbonyl (C=O) groups excluding carboxylic acids is 2. The number of nitrogens with two attached hydrogens (primary N) is 1. The summed E-state index contributed by atoms with van der Waals surface area (Å²) in [5.41, 5.74) is 5.82. The minimum atomic E-state index is -0.316. The lowest BCUT2D eigenvalue weighted by atomic mass is 9.94. The molecule has 6 heteroatoms. The third-order valence-electron chi connectivity index (χ3n) is 4.21. The van der Waals surface area contributed by atoms with Crippen molar-refractivity contribution in [1.29, 1.82) is 0 Å². The quantitative estimate of drug-likeness (QED) is 0.709. The molecule has 1 rings (SSSR count). The molecule has 1 aliphatic heterocycles. The molecule has 0 bridgehead atoms. The molecule has 0 saturated carbocycles. The molecule has 0 radical (unpaired) electrons. The predicted molar refractivity (Wildman–Crippen MR) is 88.3 cm³/mol. The van der Waals surface area contributed by atoms with E-state index >= 15 is 0 Å². The maximum absolute atomic E-state index is 11.9. The van der Waals surface area contributed by atoms with Crippen molar-refractivity contribution in [2.45, 2.75) is 51.5 Å². The van der Waals surface area contributed by atoms with E-state index in [0.29, 0.717) is 18.1 Å². The third kappa shape index (κ3) is 6.70. The molecule has 0 aromatic heterocycles. The molecule has 0 aromatic carbocycles. The lowest BCUT2D eigenvalue weighted by Gasteiger charge is -2.27. The Morgan fingerprint density at radius 3 is 2.33 bits per heavy atom. The van der Waals surface area contributed by atoms with Crippen LogP contribution in [-0.4, -0.2) is 53.4 Å². The first-order chi connectivity index (χ1) is 10.0. The third-order valence-corrected chi connectivity index (χ3v) is 5.13. The van der Waals surface area contributed by atoms with E-state index in [-0.39, 0.29) is 17.4 Å². The smallest absolute Gasteiger partial charge is 0.232 e. The van der Waals surface area contributed by atoms with Crippen LogP contribution in [0, 0.1) is 0 Å². The van der Waals surface area contributed by atoms with Gasteiger partial charge in [0.15, 0.2) is 0 Å². The van der Waals surface area contributed by atoms with Crippen molar-refractivity contribution in [2.24, 2.45) is 5.73 Å². The van der Waals surface area contributed by atoms with Crippen LogP contribution in [0.3, 0.4) is 0 Å². The predicted octanol–water partition coefficient (Wildman–Crippen LogP) is 1.37. The number of hydrogen-bond acceptors (Lipinski definition) is 4. The second kappa shape index (κ2) is 9.30. The lowest BCUT2D eigenvalue weighted by Crippen LogP contribution is -2.49. The molecule has 1 saturated heterocycles. The molecular weight excluding hydrogens is 286 g/mol. The van der Waals surface area contributed by atoms with Crippen molar-refractivity contribution < 1.29 is 9.59 Å². The number of thioether (sulfide) groups is 1. The van der Waals surface area contributed by atoms with Gasteiger partial charge >= 0.3 is 0 Å². The minimum Gasteiger partial charge on any atom is -0.354 e. The fourth-order valence-electron chi connectivity index (χ4n) is 2.29. The number of rotatable bonds is 8. The molecule has 0 unspecified atom stereocenters. The zero-order valence-corrected chi connectivity index (χ0v) is 14.1. The topological polar surface area (TPSA) is 75.4 Å². The molecule has 0 aliphatic carbocycles. The van der Waals surface area contributed by atoms with Gasteiger partial charge in [-0.3, -0.25) is 9.59 Å². The Kier molecular flexibility index (Phi) is 8.11. The summed E-state index contributed by atoms with van der Waals surface area (Å²) in [6, 6.07) is 0. The monoisotopic (exact) mass is 315 g/mol. The van der Waals surface area contributed by atoms with E-state index in [1.165, 1.54) is 18.2 Å². The van der Waals surface area contributed by atoms with Gasteiger partial charge in [0.1, 0.15) is 0 Å². The fraction of sp³-hybridized carbons (Fsp3) is 0.867. The maximum Gasteiger partial charge on any atom is 0.232 e. The Hall–Kier alpha value is -0.750. The van der Waals surface area contributed by atoms with Gasteiger partial charge in [0, 0.05) is 25.2 Å². The summed E-state index contributed by atoms with van der Waals surface area (Å²) in [7, 11) is 0. The first-order valence-electron chi connectivity index (χ1n) is 7.92. The normalized spacial score (nSPS) is 15.9. The largest absolute Gasteiger partial charge is 0.354 e. The van der Waals surface area contributed by atoms with Gasteiger partial charge in [-0.15, -0.1) is 11.8 Å². The van der Waals surface area contributed by atoms with E-state index < -0.39 is 0 Å². The second-order valence-corrected chi connectivity index (χ2v) is 6.77. The van der Waals surface area contributed by atoms with E-state index in [2.05, 4.69) is 5.32 Å². The summed E-state index contributed by atoms with van der Waals surface area (Å²) in [6.45, 7) is 6.30. The Bertz CT molecular complexity index is 340. The number of piperidine rings is 1. The standard InChI is InChI=1S/C15H29N3O2S/c1-3-15(16,4-2)12-17-13(19)10-21-11-14(20)18-8-6-5-7-9-18/h3-12,16H2,1-2H3,(H,17,19). The fourth-order valence-corrected chi connectivity index (χ4v) is 3.04. The molecule has 3 N–H and O–H groups in total. The molecule has 1 aliphatic rings. The average Bonchev–Trinajstić information content (AvgIpc) is 2.53. The van der Waals surface area contributed by atoms with Crippen LogP contribution in [0.1, 0.15) is 46.0 Å². The molecule has 21 heavy (non-hydrogen) atoms. The van der Waals surface area contributed by atoms with Gasteiger partial charge in [0.2, 0.25) is 11.8 Å². The van der Waals surface area contributed by atoms with Crippen LogP contribution in [0.25, 0.3) is 0 Å². The number of nitrogens with one attached hydrogen (secondary N) is 1. The molecule has 0 atom stereocenters. The summed E-state index contributed by atoms with van der Waals surface area (Å²) >= 11 is 1.38. The van der Waals surface area contributed by atoms with Crippen molar-refractivity contribution in [2.75, 3.05) is 31.1 Å². The highest BCUT2D eigenvalue weighted by Gasteiger charge is 2.21. The molecule has 2 amide bonds. The molecular formula is C15H29N3O2S. The summed E-state index contributed by atoms with van der Waals surface area (Å²) in [6.07, 6.45) is 5.09. The van der Waals surface area contributed by atoms with Crippen molar-refractivity contribution >= 4 is 23.6 Å². The van der Waals surface area contributed by atoms with Crippen LogP contribution in [0.5, 0.6) is 0 Å². The maximum atomic E-state index is 11.9. The number of nitrogens with zero attached hydrogens (tertiary/aromatic N) is 1. The van der Waals surface area contributed by atoms with Gasteiger partial charge in [-0.2, -0.15) is 0 Å². The summed E-state index contributed by atoms with van der Waals surface area (Å²) in [4.78, 5) is 25.6. The SMILES string of the molecule is CCC(N)(CC)CNC(=O)CSCC(=O)N1CCCCC1. The number of amides is 2. The summed E-state index contributed by atoms with van der Waals surface area (Å²) in [5.74, 6) is 0.831. The zero-order valence-electron chi connectivity index (χ0n) is 13.3. The van der Waals surface area contributed by atoms with E-state index in [1.54, 1.807) is 0 Å². The molecule has 5 nitrogen and oxygen atoms in total. The molecule has 0 aromatic rings. The lowest BCUT2D eigenvalue weighted by molar-refractivity contribution is -0.129. The van der Waals surface area contributed by atoms with E-state index in [0.717, 1.165) is 38.8 Å². The average molecular weight is 315 g/mol. The zero-order chi connectivity index (χ0) is 15.7. The number of likely N-dealkylation sites (tertiary alicyclic amines) is 1. The van der Waals surface area contributed by atoms with Gasteiger partial charge < -0.3 is 16.0 Å². The van der Waals surface area contributed by atoms with Gasteiger partial charge in [-0.25, -0.2) is 0 Å². The van der Waals surface area contributed by atoms with Crippen LogP contribution in [-0.2, 0) is 9.59 Å². The van der Waals surface area contributed by atoms with Crippen molar-refractivity contribution in [3.63, 3.8) is 0 Å².